The molecule has 0 bridgehead atoms. The molecule has 1 unspecified atom stereocenters. The third-order valence-corrected chi connectivity index (χ3v) is 3.03. The summed E-state index contributed by atoms with van der Waals surface area (Å²) in [6, 6.07) is 3.76. The second kappa shape index (κ2) is 6.78. The SMILES string of the molecule is CC(=O)c1ccc(NC(=O)N(C)CC(O)C(F)(F)F)cc1C. The van der Waals surface area contributed by atoms with Crippen molar-refractivity contribution in [3.63, 3.8) is 0 Å². The number of amides is 2. The predicted octanol–water partition coefficient (Wildman–Crippen LogP) is 2.58. The summed E-state index contributed by atoms with van der Waals surface area (Å²) in [7, 11) is 1.14. The van der Waals surface area contributed by atoms with Crippen LogP contribution in [-0.2, 0) is 0 Å². The zero-order valence-electron chi connectivity index (χ0n) is 12.4. The summed E-state index contributed by atoms with van der Waals surface area (Å²) < 4.78 is 36.7. The van der Waals surface area contributed by atoms with Crippen LogP contribution in [0.15, 0.2) is 18.2 Å². The number of ketones is 1. The number of anilines is 1. The van der Waals surface area contributed by atoms with Crippen LogP contribution in [0.1, 0.15) is 22.8 Å². The zero-order valence-corrected chi connectivity index (χ0v) is 12.4. The summed E-state index contributed by atoms with van der Waals surface area (Å²) in [5, 5.41) is 11.3. The number of carbonyl (C=O) groups excluding carboxylic acids is 2. The lowest BCUT2D eigenvalue weighted by atomic mass is 10.1. The van der Waals surface area contributed by atoms with E-state index in [4.69, 9.17) is 5.11 Å². The van der Waals surface area contributed by atoms with E-state index >= 15 is 0 Å². The number of halogens is 3. The monoisotopic (exact) mass is 318 g/mol. The van der Waals surface area contributed by atoms with Crippen molar-refractivity contribution in [2.24, 2.45) is 0 Å². The molecule has 0 saturated carbocycles. The number of rotatable bonds is 4. The highest BCUT2D eigenvalue weighted by atomic mass is 19.4. The van der Waals surface area contributed by atoms with Crippen molar-refractivity contribution in [2.45, 2.75) is 26.1 Å². The van der Waals surface area contributed by atoms with Crippen molar-refractivity contribution in [3.8, 4) is 0 Å². The first-order valence-electron chi connectivity index (χ1n) is 6.41. The fraction of sp³-hybridized carbons (Fsp3) is 0.429. The average molecular weight is 318 g/mol. The Kier molecular flexibility index (Phi) is 5.54. The predicted molar refractivity (Wildman–Crippen MR) is 74.9 cm³/mol. The molecule has 0 saturated heterocycles. The minimum atomic E-state index is -4.78. The molecule has 8 heteroatoms. The van der Waals surface area contributed by atoms with Gasteiger partial charge in [0.1, 0.15) is 0 Å². The molecular weight excluding hydrogens is 301 g/mol. The van der Waals surface area contributed by atoms with Crippen LogP contribution < -0.4 is 5.32 Å². The van der Waals surface area contributed by atoms with Gasteiger partial charge in [-0.05, 0) is 37.6 Å². The van der Waals surface area contributed by atoms with Gasteiger partial charge in [-0.15, -0.1) is 0 Å². The number of aliphatic hydroxyl groups excluding tert-OH is 1. The Bertz CT molecular complexity index is 573. The van der Waals surface area contributed by atoms with Gasteiger partial charge in [0, 0.05) is 18.3 Å². The summed E-state index contributed by atoms with van der Waals surface area (Å²) in [5.74, 6) is -0.124. The molecular formula is C14H17F3N2O3. The minimum Gasteiger partial charge on any atom is -0.382 e. The van der Waals surface area contributed by atoms with Gasteiger partial charge in [-0.3, -0.25) is 4.79 Å². The van der Waals surface area contributed by atoms with E-state index in [9.17, 15) is 22.8 Å². The Hall–Kier alpha value is -2.09. The second-order valence-electron chi connectivity index (χ2n) is 4.95. The number of aryl methyl sites for hydroxylation is 1. The van der Waals surface area contributed by atoms with Gasteiger partial charge in [0.25, 0.3) is 0 Å². The number of benzene rings is 1. The maximum absolute atomic E-state index is 12.2. The lowest BCUT2D eigenvalue weighted by Gasteiger charge is -2.22. The van der Waals surface area contributed by atoms with Crippen LogP contribution in [0.5, 0.6) is 0 Å². The molecule has 1 aromatic carbocycles. The van der Waals surface area contributed by atoms with Crippen LogP contribution in [0.3, 0.4) is 0 Å². The van der Waals surface area contributed by atoms with E-state index in [0.29, 0.717) is 16.8 Å². The van der Waals surface area contributed by atoms with E-state index in [2.05, 4.69) is 5.32 Å². The van der Waals surface area contributed by atoms with Crippen molar-refractivity contribution < 1.29 is 27.9 Å². The van der Waals surface area contributed by atoms with Gasteiger partial charge in [-0.2, -0.15) is 13.2 Å². The summed E-state index contributed by atoms with van der Waals surface area (Å²) in [4.78, 5) is 23.8. The van der Waals surface area contributed by atoms with E-state index < -0.39 is 24.9 Å². The van der Waals surface area contributed by atoms with Crippen LogP contribution >= 0.6 is 0 Å². The van der Waals surface area contributed by atoms with Crippen molar-refractivity contribution >= 4 is 17.5 Å². The van der Waals surface area contributed by atoms with Crippen molar-refractivity contribution in [1.82, 2.24) is 4.90 Å². The van der Waals surface area contributed by atoms with E-state index in [1.54, 1.807) is 13.0 Å². The van der Waals surface area contributed by atoms with Gasteiger partial charge in [-0.1, -0.05) is 0 Å². The Labute approximate surface area is 125 Å². The van der Waals surface area contributed by atoms with Crippen LogP contribution in [-0.4, -0.2) is 47.7 Å². The lowest BCUT2D eigenvalue weighted by Crippen LogP contribution is -2.43. The largest absolute Gasteiger partial charge is 0.416 e. The number of aliphatic hydroxyl groups is 1. The van der Waals surface area contributed by atoms with Crippen molar-refractivity contribution in [3.05, 3.63) is 29.3 Å². The molecule has 2 N–H and O–H groups in total. The molecule has 22 heavy (non-hydrogen) atoms. The maximum atomic E-state index is 12.2. The Morgan fingerprint density at radius 3 is 2.41 bits per heavy atom. The van der Waals surface area contributed by atoms with Crippen molar-refractivity contribution in [1.29, 1.82) is 0 Å². The quantitative estimate of drug-likeness (QED) is 0.838. The van der Waals surface area contributed by atoms with Crippen LogP contribution in [0.4, 0.5) is 23.7 Å². The molecule has 1 atom stereocenters. The number of hydrogen-bond acceptors (Lipinski definition) is 3. The highest BCUT2D eigenvalue weighted by Gasteiger charge is 2.39. The molecule has 0 aliphatic heterocycles. The van der Waals surface area contributed by atoms with Gasteiger partial charge >= 0.3 is 12.2 Å². The number of alkyl halides is 3. The number of nitrogens with zero attached hydrogens (tertiary/aromatic N) is 1. The molecule has 122 valence electrons. The molecule has 1 aromatic rings. The van der Waals surface area contributed by atoms with Crippen LogP contribution in [0.2, 0.25) is 0 Å². The number of Topliss-reactive ketones (excluding diaryl/α,β-unsaturated/α-hetero) is 1. The fourth-order valence-electron chi connectivity index (χ4n) is 1.80. The third kappa shape index (κ3) is 4.73. The fourth-order valence-corrected chi connectivity index (χ4v) is 1.80. The number of hydrogen-bond donors (Lipinski definition) is 2. The van der Waals surface area contributed by atoms with E-state index in [1.807, 2.05) is 0 Å². The molecule has 0 aliphatic carbocycles. The summed E-state index contributed by atoms with van der Waals surface area (Å²) in [5.41, 5.74) is 1.49. The molecule has 5 nitrogen and oxygen atoms in total. The highest BCUT2D eigenvalue weighted by molar-refractivity contribution is 5.96. The molecule has 1 rings (SSSR count). The van der Waals surface area contributed by atoms with Gasteiger partial charge < -0.3 is 15.3 Å². The Morgan fingerprint density at radius 2 is 1.95 bits per heavy atom. The Morgan fingerprint density at radius 1 is 1.36 bits per heavy atom. The summed E-state index contributed by atoms with van der Waals surface area (Å²) in [6.45, 7) is 2.22. The number of likely N-dealkylation sites (N-methyl/N-ethyl adjacent to an activating group) is 1. The normalized spacial score (nSPS) is 12.7. The molecule has 0 aromatic heterocycles. The Balaban J connectivity index is 2.72. The molecule has 2 amide bonds. The summed E-state index contributed by atoms with van der Waals surface area (Å²) >= 11 is 0. The molecule has 0 radical (unpaired) electrons. The third-order valence-electron chi connectivity index (χ3n) is 3.03. The zero-order chi connectivity index (χ0) is 17.1. The standard InChI is InChI=1S/C14H17F3N2O3/c1-8-6-10(4-5-11(8)9(2)20)18-13(22)19(3)7-12(21)14(15,16)17/h4-6,12,21H,7H2,1-3H3,(H,18,22). The smallest absolute Gasteiger partial charge is 0.382 e. The lowest BCUT2D eigenvalue weighted by molar-refractivity contribution is -0.205. The van der Waals surface area contributed by atoms with Crippen LogP contribution in [0.25, 0.3) is 0 Å². The van der Waals surface area contributed by atoms with Gasteiger partial charge in [0.15, 0.2) is 11.9 Å². The first-order valence-corrected chi connectivity index (χ1v) is 6.41. The number of carbonyl (C=O) groups is 2. The highest BCUT2D eigenvalue weighted by Crippen LogP contribution is 2.21. The van der Waals surface area contributed by atoms with Crippen molar-refractivity contribution in [2.75, 3.05) is 18.9 Å². The second-order valence-corrected chi connectivity index (χ2v) is 4.95. The number of nitrogens with one attached hydrogen (secondary N) is 1. The van der Waals surface area contributed by atoms with Gasteiger partial charge in [-0.25, -0.2) is 4.79 Å². The van der Waals surface area contributed by atoms with Gasteiger partial charge in [0.05, 0.1) is 6.54 Å². The van der Waals surface area contributed by atoms with Crippen LogP contribution in [0, 0.1) is 6.92 Å². The minimum absolute atomic E-state index is 0.124. The van der Waals surface area contributed by atoms with E-state index in [-0.39, 0.29) is 5.78 Å². The molecule has 0 spiro atoms. The van der Waals surface area contributed by atoms with Gasteiger partial charge in [0.2, 0.25) is 0 Å². The summed E-state index contributed by atoms with van der Waals surface area (Å²) in [6.07, 6.45) is -7.39. The molecule has 0 aliphatic rings. The first-order chi connectivity index (χ1) is 10.0. The molecule has 0 fully saturated rings. The number of urea groups is 1. The average Bonchev–Trinajstić information content (AvgIpc) is 2.36. The maximum Gasteiger partial charge on any atom is 0.416 e. The topological polar surface area (TPSA) is 69.6 Å². The van der Waals surface area contributed by atoms with E-state index in [1.165, 1.54) is 19.1 Å². The first kappa shape index (κ1) is 18.0. The van der Waals surface area contributed by atoms with E-state index in [0.717, 1.165) is 11.9 Å². The molecule has 0 heterocycles.